The summed E-state index contributed by atoms with van der Waals surface area (Å²) in [6, 6.07) is 8.39. The molecule has 0 atom stereocenters. The van der Waals surface area contributed by atoms with Gasteiger partial charge in [0.2, 0.25) is 0 Å². The zero-order chi connectivity index (χ0) is 13.0. The lowest BCUT2D eigenvalue weighted by Crippen LogP contribution is -2.16. The van der Waals surface area contributed by atoms with Gasteiger partial charge in [-0.25, -0.2) is 4.98 Å². The van der Waals surface area contributed by atoms with Gasteiger partial charge in [0, 0.05) is 30.0 Å². The molecule has 0 amide bonds. The highest BCUT2D eigenvalue weighted by molar-refractivity contribution is 9.10. The van der Waals surface area contributed by atoms with E-state index in [9.17, 15) is 0 Å². The lowest BCUT2D eigenvalue weighted by Gasteiger charge is -2.15. The summed E-state index contributed by atoms with van der Waals surface area (Å²) in [5.41, 5.74) is 2.38. The van der Waals surface area contributed by atoms with Crippen LogP contribution in [0.2, 0.25) is 0 Å². The minimum Gasteiger partial charge on any atom is -0.347 e. The Bertz CT molecular complexity index is 495. The van der Waals surface area contributed by atoms with E-state index in [1.54, 1.807) is 11.3 Å². The maximum absolute atomic E-state index is 4.59. The molecule has 2 rings (SSSR count). The number of rotatable bonds is 5. The molecule has 0 bridgehead atoms. The maximum atomic E-state index is 4.59. The van der Waals surface area contributed by atoms with Gasteiger partial charge in [-0.1, -0.05) is 28.1 Å². The second-order valence-corrected chi connectivity index (χ2v) is 5.89. The van der Waals surface area contributed by atoms with Gasteiger partial charge in [-0.2, -0.15) is 0 Å². The molecule has 0 unspecified atom stereocenters. The minimum atomic E-state index is 0.822. The van der Waals surface area contributed by atoms with E-state index < -0.39 is 0 Å². The Morgan fingerprint density at radius 1 is 1.33 bits per heavy atom. The summed E-state index contributed by atoms with van der Waals surface area (Å²) in [7, 11) is 4.01. The normalized spacial score (nSPS) is 10.6. The molecule has 1 aromatic carbocycles. The van der Waals surface area contributed by atoms with E-state index in [1.165, 1.54) is 5.56 Å². The molecule has 0 radical (unpaired) electrons. The summed E-state index contributed by atoms with van der Waals surface area (Å²) in [6.07, 6.45) is 0. The van der Waals surface area contributed by atoms with Crippen LogP contribution < -0.4 is 10.2 Å². The number of nitrogens with one attached hydrogen (secondary N) is 1. The Morgan fingerprint density at radius 3 is 2.72 bits per heavy atom. The predicted octanol–water partition coefficient (Wildman–Crippen LogP) is 3.26. The standard InChI is InChI=1S/C13H16BrN3S/c1-15-7-12-9-18-13(16-12)17(2)8-10-3-5-11(14)6-4-10/h3-6,9,15H,7-8H2,1-2H3. The summed E-state index contributed by atoms with van der Waals surface area (Å²) >= 11 is 5.13. The lowest BCUT2D eigenvalue weighted by molar-refractivity contribution is 0.792. The average molecular weight is 326 g/mol. The maximum Gasteiger partial charge on any atom is 0.185 e. The molecule has 0 fully saturated rings. The van der Waals surface area contributed by atoms with Crippen LogP contribution in [0.3, 0.4) is 0 Å². The number of hydrogen-bond donors (Lipinski definition) is 1. The van der Waals surface area contributed by atoms with E-state index in [1.807, 2.05) is 7.05 Å². The Balaban J connectivity index is 2.02. The Kier molecular flexibility index (Phi) is 4.74. The highest BCUT2D eigenvalue weighted by Gasteiger charge is 2.07. The molecule has 0 aliphatic heterocycles. The number of benzene rings is 1. The van der Waals surface area contributed by atoms with E-state index in [0.29, 0.717) is 0 Å². The molecule has 3 nitrogen and oxygen atoms in total. The molecule has 5 heteroatoms. The van der Waals surface area contributed by atoms with Gasteiger partial charge in [-0.15, -0.1) is 11.3 Å². The van der Waals surface area contributed by atoms with Gasteiger partial charge in [-0.05, 0) is 24.7 Å². The van der Waals surface area contributed by atoms with Crippen molar-refractivity contribution in [2.75, 3.05) is 19.0 Å². The van der Waals surface area contributed by atoms with Crippen molar-refractivity contribution in [2.45, 2.75) is 13.1 Å². The highest BCUT2D eigenvalue weighted by atomic mass is 79.9. The first-order valence-corrected chi connectivity index (χ1v) is 7.41. The molecule has 0 aliphatic rings. The van der Waals surface area contributed by atoms with Crippen molar-refractivity contribution >= 4 is 32.4 Å². The van der Waals surface area contributed by atoms with Crippen LogP contribution in [-0.4, -0.2) is 19.1 Å². The van der Waals surface area contributed by atoms with Gasteiger partial charge in [0.15, 0.2) is 5.13 Å². The van der Waals surface area contributed by atoms with Crippen molar-refractivity contribution < 1.29 is 0 Å². The molecule has 0 spiro atoms. The topological polar surface area (TPSA) is 28.2 Å². The van der Waals surface area contributed by atoms with Crippen molar-refractivity contribution in [1.82, 2.24) is 10.3 Å². The number of aromatic nitrogens is 1. The number of halogens is 1. The summed E-state index contributed by atoms with van der Waals surface area (Å²) in [5.74, 6) is 0. The fourth-order valence-corrected chi connectivity index (χ4v) is 2.72. The zero-order valence-corrected chi connectivity index (χ0v) is 12.9. The van der Waals surface area contributed by atoms with E-state index in [2.05, 4.69) is 67.8 Å². The molecular formula is C13H16BrN3S. The molecule has 0 saturated carbocycles. The van der Waals surface area contributed by atoms with E-state index in [4.69, 9.17) is 0 Å². The quantitative estimate of drug-likeness (QED) is 0.914. The van der Waals surface area contributed by atoms with Gasteiger partial charge in [0.25, 0.3) is 0 Å². The monoisotopic (exact) mass is 325 g/mol. The Labute approximate surface area is 120 Å². The first kappa shape index (κ1) is 13.5. The van der Waals surface area contributed by atoms with Crippen LogP contribution in [-0.2, 0) is 13.1 Å². The van der Waals surface area contributed by atoms with Gasteiger partial charge >= 0.3 is 0 Å². The van der Waals surface area contributed by atoms with Crippen LogP contribution in [0.5, 0.6) is 0 Å². The summed E-state index contributed by atoms with van der Waals surface area (Å²) in [5, 5.41) is 6.27. The molecule has 18 heavy (non-hydrogen) atoms. The number of thiazole rings is 1. The smallest absolute Gasteiger partial charge is 0.185 e. The lowest BCUT2D eigenvalue weighted by atomic mass is 10.2. The summed E-state index contributed by atoms with van der Waals surface area (Å²) in [4.78, 5) is 6.76. The molecular weight excluding hydrogens is 310 g/mol. The van der Waals surface area contributed by atoms with Gasteiger partial charge in [0.05, 0.1) is 5.69 Å². The second kappa shape index (κ2) is 6.31. The fraction of sp³-hybridized carbons (Fsp3) is 0.308. The highest BCUT2D eigenvalue weighted by Crippen LogP contribution is 2.21. The number of nitrogens with zero attached hydrogens (tertiary/aromatic N) is 2. The fourth-order valence-electron chi connectivity index (χ4n) is 1.67. The van der Waals surface area contributed by atoms with Gasteiger partial charge in [-0.3, -0.25) is 0 Å². The van der Waals surface area contributed by atoms with Crippen molar-refractivity contribution in [3.63, 3.8) is 0 Å². The van der Waals surface area contributed by atoms with E-state index in [-0.39, 0.29) is 0 Å². The number of anilines is 1. The summed E-state index contributed by atoms with van der Waals surface area (Å²) in [6.45, 7) is 1.70. The molecule has 1 heterocycles. The average Bonchev–Trinajstić information content (AvgIpc) is 2.81. The SMILES string of the molecule is CNCc1csc(N(C)Cc2ccc(Br)cc2)n1. The molecule has 1 aromatic heterocycles. The second-order valence-electron chi connectivity index (χ2n) is 4.13. The first-order chi connectivity index (χ1) is 8.69. The molecule has 1 N–H and O–H groups in total. The molecule has 96 valence electrons. The minimum absolute atomic E-state index is 0.822. The van der Waals surface area contributed by atoms with Crippen LogP contribution >= 0.6 is 27.3 Å². The number of hydrogen-bond acceptors (Lipinski definition) is 4. The Hall–Kier alpha value is -0.910. The predicted molar refractivity (Wildman–Crippen MR) is 81.1 cm³/mol. The third-order valence-corrected chi connectivity index (χ3v) is 4.09. The van der Waals surface area contributed by atoms with Gasteiger partial charge < -0.3 is 10.2 Å². The van der Waals surface area contributed by atoms with Crippen molar-refractivity contribution in [1.29, 1.82) is 0 Å². The van der Waals surface area contributed by atoms with Crippen LogP contribution in [0.15, 0.2) is 34.1 Å². The van der Waals surface area contributed by atoms with Gasteiger partial charge in [0.1, 0.15) is 0 Å². The van der Waals surface area contributed by atoms with Crippen LogP contribution in [0.1, 0.15) is 11.3 Å². The third kappa shape index (κ3) is 3.54. The van der Waals surface area contributed by atoms with E-state index in [0.717, 1.165) is 28.4 Å². The summed E-state index contributed by atoms with van der Waals surface area (Å²) < 4.78 is 1.11. The molecule has 0 saturated heterocycles. The van der Waals surface area contributed by atoms with Crippen molar-refractivity contribution in [2.24, 2.45) is 0 Å². The zero-order valence-electron chi connectivity index (χ0n) is 10.5. The van der Waals surface area contributed by atoms with Crippen LogP contribution in [0, 0.1) is 0 Å². The molecule has 0 aliphatic carbocycles. The first-order valence-electron chi connectivity index (χ1n) is 5.73. The van der Waals surface area contributed by atoms with Crippen molar-refractivity contribution in [3.8, 4) is 0 Å². The molecule has 2 aromatic rings. The Morgan fingerprint density at radius 2 is 2.06 bits per heavy atom. The largest absolute Gasteiger partial charge is 0.347 e. The van der Waals surface area contributed by atoms with Crippen LogP contribution in [0.4, 0.5) is 5.13 Å². The van der Waals surface area contributed by atoms with Crippen LogP contribution in [0.25, 0.3) is 0 Å². The van der Waals surface area contributed by atoms with Crippen molar-refractivity contribution in [3.05, 3.63) is 45.4 Å². The third-order valence-electron chi connectivity index (χ3n) is 2.56. The van der Waals surface area contributed by atoms with E-state index >= 15 is 0 Å².